The lowest BCUT2D eigenvalue weighted by atomic mass is 10.1. The van der Waals surface area contributed by atoms with Gasteiger partial charge >= 0.3 is 0 Å². The predicted molar refractivity (Wildman–Crippen MR) is 83.3 cm³/mol. The van der Waals surface area contributed by atoms with Crippen LogP contribution >= 0.6 is 46.4 Å². The van der Waals surface area contributed by atoms with Crippen LogP contribution in [-0.2, 0) is 10.0 Å². The molecule has 2 aromatic rings. The lowest BCUT2D eigenvalue weighted by Gasteiger charge is -2.09. The van der Waals surface area contributed by atoms with E-state index in [1.165, 1.54) is 24.3 Å². The van der Waals surface area contributed by atoms with Crippen LogP contribution in [0.5, 0.6) is 0 Å². The van der Waals surface area contributed by atoms with Gasteiger partial charge in [0.05, 0.1) is 15.1 Å². The van der Waals surface area contributed by atoms with E-state index >= 15 is 0 Å². The van der Waals surface area contributed by atoms with Gasteiger partial charge in [0.25, 0.3) is 0 Å². The van der Waals surface area contributed by atoms with Gasteiger partial charge in [-0.15, -0.1) is 0 Å². The van der Waals surface area contributed by atoms with Gasteiger partial charge in [-0.05, 0) is 29.8 Å². The second-order valence-corrected chi connectivity index (χ2v) is 7.10. The monoisotopic (exact) mass is 369 g/mol. The maximum Gasteiger partial charge on any atom is 0.239 e. The molecule has 0 heterocycles. The molecule has 0 fully saturated rings. The summed E-state index contributed by atoms with van der Waals surface area (Å²) in [6, 6.07) is 7.38. The molecule has 2 N–H and O–H groups in total. The molecule has 2 aromatic carbocycles. The van der Waals surface area contributed by atoms with Crippen LogP contribution in [0.15, 0.2) is 35.2 Å². The predicted octanol–water partition coefficient (Wildman–Crippen LogP) is 4.61. The molecule has 0 aliphatic heterocycles. The molecule has 0 saturated heterocycles. The molecule has 106 valence electrons. The summed E-state index contributed by atoms with van der Waals surface area (Å²) in [5.41, 5.74) is 1.19. The first-order valence-electron chi connectivity index (χ1n) is 5.17. The number of nitrogens with two attached hydrogens (primary N) is 1. The molecule has 0 saturated carbocycles. The molecule has 8 heteroatoms. The van der Waals surface area contributed by atoms with Crippen molar-refractivity contribution >= 4 is 56.4 Å². The summed E-state index contributed by atoms with van der Waals surface area (Å²) in [6.45, 7) is 0. The van der Waals surface area contributed by atoms with E-state index in [0.717, 1.165) is 0 Å². The van der Waals surface area contributed by atoms with Crippen LogP contribution in [0.2, 0.25) is 20.1 Å². The number of primary sulfonamides is 1. The van der Waals surface area contributed by atoms with Crippen LogP contribution in [0.3, 0.4) is 0 Å². The van der Waals surface area contributed by atoms with Gasteiger partial charge in [-0.2, -0.15) is 0 Å². The van der Waals surface area contributed by atoms with E-state index in [-0.39, 0.29) is 9.92 Å². The number of sulfonamides is 1. The van der Waals surface area contributed by atoms with Crippen molar-refractivity contribution < 1.29 is 8.42 Å². The van der Waals surface area contributed by atoms with Gasteiger partial charge in [0.15, 0.2) is 0 Å². The highest BCUT2D eigenvalue weighted by atomic mass is 35.5. The first kappa shape index (κ1) is 15.9. The van der Waals surface area contributed by atoms with Crippen LogP contribution < -0.4 is 5.14 Å². The summed E-state index contributed by atoms with van der Waals surface area (Å²) in [5, 5.41) is 6.08. The van der Waals surface area contributed by atoms with Gasteiger partial charge < -0.3 is 0 Å². The summed E-state index contributed by atoms with van der Waals surface area (Å²) >= 11 is 23.8. The van der Waals surface area contributed by atoms with Crippen LogP contribution in [0, 0.1) is 0 Å². The molecule has 2 rings (SSSR count). The molecule has 0 radical (unpaired) electrons. The molecule has 20 heavy (non-hydrogen) atoms. The van der Waals surface area contributed by atoms with Crippen LogP contribution in [-0.4, -0.2) is 8.42 Å². The molecule has 0 aliphatic carbocycles. The summed E-state index contributed by atoms with van der Waals surface area (Å²) < 4.78 is 22.6. The molecule has 0 amide bonds. The zero-order chi connectivity index (χ0) is 15.1. The van der Waals surface area contributed by atoms with Gasteiger partial charge in [-0.1, -0.05) is 52.5 Å². The summed E-state index contributed by atoms with van der Waals surface area (Å²) in [6.07, 6.45) is 0. The largest absolute Gasteiger partial charge is 0.239 e. The third-order valence-corrected chi connectivity index (χ3v) is 4.99. The molecule has 3 nitrogen and oxygen atoms in total. The van der Waals surface area contributed by atoms with Crippen molar-refractivity contribution in [1.82, 2.24) is 0 Å². The molecule has 0 atom stereocenters. The number of rotatable bonds is 2. The van der Waals surface area contributed by atoms with Crippen molar-refractivity contribution in [2.24, 2.45) is 5.14 Å². The van der Waals surface area contributed by atoms with E-state index in [1.807, 2.05) is 0 Å². The Labute approximate surface area is 136 Å². The smallest absolute Gasteiger partial charge is 0.225 e. The van der Waals surface area contributed by atoms with Gasteiger partial charge in [-0.25, -0.2) is 13.6 Å². The van der Waals surface area contributed by atoms with Gasteiger partial charge in [0.1, 0.15) is 4.90 Å². The Morgan fingerprint density at radius 1 is 0.800 bits per heavy atom. The minimum absolute atomic E-state index is 0.00661. The van der Waals surface area contributed by atoms with E-state index in [2.05, 4.69) is 0 Å². The Morgan fingerprint density at radius 2 is 1.40 bits per heavy atom. The fraction of sp³-hybridized carbons (Fsp3) is 0. The zero-order valence-electron chi connectivity index (χ0n) is 9.70. The first-order chi connectivity index (χ1) is 9.20. The Hall–Kier alpha value is -0.490. The average Bonchev–Trinajstić information content (AvgIpc) is 2.32. The van der Waals surface area contributed by atoms with Crippen molar-refractivity contribution in [3.05, 3.63) is 50.4 Å². The number of benzene rings is 2. The molecule has 0 spiro atoms. The van der Waals surface area contributed by atoms with Crippen LogP contribution in [0.1, 0.15) is 0 Å². The van der Waals surface area contributed by atoms with Crippen molar-refractivity contribution in [3.8, 4) is 11.1 Å². The van der Waals surface area contributed by atoms with Crippen molar-refractivity contribution in [3.63, 3.8) is 0 Å². The average molecular weight is 371 g/mol. The van der Waals surface area contributed by atoms with Gasteiger partial charge in [0.2, 0.25) is 10.0 Å². The van der Waals surface area contributed by atoms with E-state index in [1.54, 1.807) is 6.07 Å². The Bertz CT molecular complexity index is 790. The highest BCUT2D eigenvalue weighted by molar-refractivity contribution is 7.89. The highest BCUT2D eigenvalue weighted by Crippen LogP contribution is 2.37. The normalized spacial score (nSPS) is 11.7. The van der Waals surface area contributed by atoms with Crippen molar-refractivity contribution in [1.29, 1.82) is 0 Å². The van der Waals surface area contributed by atoms with E-state index < -0.39 is 10.0 Å². The second kappa shape index (κ2) is 5.72. The van der Waals surface area contributed by atoms with Crippen molar-refractivity contribution in [2.45, 2.75) is 4.90 Å². The Kier molecular flexibility index (Phi) is 4.54. The minimum atomic E-state index is -3.87. The summed E-state index contributed by atoms with van der Waals surface area (Å²) in [5.74, 6) is 0. The topological polar surface area (TPSA) is 60.2 Å². The van der Waals surface area contributed by atoms with E-state index in [9.17, 15) is 8.42 Å². The standard InChI is InChI=1S/C12H7Cl4NO2S/c13-8-5-10(15)9(14)4-7(8)6-1-2-12(11(16)3-6)20(17,18)19/h1-5H,(H2,17,18,19). The third kappa shape index (κ3) is 3.22. The first-order valence-corrected chi connectivity index (χ1v) is 8.23. The van der Waals surface area contributed by atoms with Crippen LogP contribution in [0.4, 0.5) is 0 Å². The van der Waals surface area contributed by atoms with Crippen molar-refractivity contribution in [2.75, 3.05) is 0 Å². The molecular formula is C12H7Cl4NO2S. The molecule has 0 aromatic heterocycles. The Morgan fingerprint density at radius 3 is 1.95 bits per heavy atom. The quantitative estimate of drug-likeness (QED) is 0.784. The maximum absolute atomic E-state index is 11.3. The fourth-order valence-electron chi connectivity index (χ4n) is 1.64. The lowest BCUT2D eigenvalue weighted by molar-refractivity contribution is 0.598. The molecule has 0 unspecified atom stereocenters. The van der Waals surface area contributed by atoms with Gasteiger partial charge in [-0.3, -0.25) is 0 Å². The number of halogens is 4. The molecular weight excluding hydrogens is 364 g/mol. The SMILES string of the molecule is NS(=O)(=O)c1ccc(-c2cc(Cl)c(Cl)cc2Cl)cc1Cl. The zero-order valence-corrected chi connectivity index (χ0v) is 13.5. The lowest BCUT2D eigenvalue weighted by Crippen LogP contribution is -2.12. The van der Waals surface area contributed by atoms with E-state index in [0.29, 0.717) is 26.2 Å². The van der Waals surface area contributed by atoms with Crippen LogP contribution in [0.25, 0.3) is 11.1 Å². The minimum Gasteiger partial charge on any atom is -0.225 e. The second-order valence-electron chi connectivity index (χ2n) is 3.94. The fourth-order valence-corrected chi connectivity index (χ4v) is 3.39. The highest BCUT2D eigenvalue weighted by Gasteiger charge is 2.15. The van der Waals surface area contributed by atoms with E-state index in [4.69, 9.17) is 51.5 Å². The molecule has 0 aliphatic rings. The summed E-state index contributed by atoms with van der Waals surface area (Å²) in [7, 11) is -3.87. The number of hydrogen-bond donors (Lipinski definition) is 1. The maximum atomic E-state index is 11.3. The molecule has 0 bridgehead atoms. The van der Waals surface area contributed by atoms with Gasteiger partial charge in [0, 0.05) is 10.6 Å². The summed E-state index contributed by atoms with van der Waals surface area (Å²) in [4.78, 5) is -0.154. The number of hydrogen-bond acceptors (Lipinski definition) is 2. The third-order valence-electron chi connectivity index (χ3n) is 2.56. The Balaban J connectivity index is 2.61.